The molecule has 0 unspecified atom stereocenters. The number of allylic oxidation sites excluding steroid dienone is 1. The van der Waals surface area contributed by atoms with E-state index in [4.69, 9.17) is 0 Å². The molecule has 0 N–H and O–H groups in total. The Morgan fingerprint density at radius 1 is 0.957 bits per heavy atom. The molecule has 0 aliphatic heterocycles. The summed E-state index contributed by atoms with van der Waals surface area (Å²) in [6.07, 6.45) is 6.52. The van der Waals surface area contributed by atoms with Crippen LogP contribution in [0, 0.1) is 0 Å². The number of fused-ring (bicyclic) bond motifs is 1. The Hall–Kier alpha value is -1.89. The molecule has 2 aromatic rings. The van der Waals surface area contributed by atoms with Crippen molar-refractivity contribution in [2.45, 2.75) is 58.3 Å². The van der Waals surface area contributed by atoms with Crippen LogP contribution in [0.5, 0.6) is 0 Å². The summed E-state index contributed by atoms with van der Waals surface area (Å²) in [5.41, 5.74) is 7.16. The van der Waals surface area contributed by atoms with Gasteiger partial charge in [-0.05, 0) is 71.1 Å². The first-order valence-electron chi connectivity index (χ1n) is 8.54. The SMILES string of the molecule is CC(=Cc1ccccn1)c1ccc2c(c1)C(C)(C)CCC2(C)C. The fourth-order valence-electron chi connectivity index (χ4n) is 3.60. The van der Waals surface area contributed by atoms with Crippen molar-refractivity contribution in [3.05, 3.63) is 65.0 Å². The van der Waals surface area contributed by atoms with Crippen molar-refractivity contribution < 1.29 is 0 Å². The highest BCUT2D eigenvalue weighted by atomic mass is 14.6. The predicted molar refractivity (Wildman–Crippen MR) is 99.5 cm³/mol. The normalized spacial score (nSPS) is 19.3. The summed E-state index contributed by atoms with van der Waals surface area (Å²) in [5, 5.41) is 0. The lowest BCUT2D eigenvalue weighted by Gasteiger charge is -2.42. The zero-order valence-electron chi connectivity index (χ0n) is 15.0. The molecule has 1 aromatic heterocycles. The highest BCUT2D eigenvalue weighted by Crippen LogP contribution is 2.46. The zero-order chi connectivity index (χ0) is 16.7. The maximum atomic E-state index is 4.41. The minimum Gasteiger partial charge on any atom is -0.257 e. The van der Waals surface area contributed by atoms with Crippen molar-refractivity contribution in [3.63, 3.8) is 0 Å². The maximum absolute atomic E-state index is 4.41. The van der Waals surface area contributed by atoms with Gasteiger partial charge in [-0.2, -0.15) is 0 Å². The summed E-state index contributed by atoms with van der Waals surface area (Å²) in [7, 11) is 0. The van der Waals surface area contributed by atoms with Gasteiger partial charge in [0, 0.05) is 6.20 Å². The lowest BCUT2D eigenvalue weighted by Crippen LogP contribution is -2.33. The molecule has 1 aromatic carbocycles. The highest BCUT2D eigenvalue weighted by Gasteiger charge is 2.36. The molecule has 1 nitrogen and oxygen atoms in total. The fourth-order valence-corrected chi connectivity index (χ4v) is 3.60. The van der Waals surface area contributed by atoms with Crippen LogP contribution in [0.4, 0.5) is 0 Å². The molecule has 0 atom stereocenters. The molecular formula is C22H27N. The Bertz CT molecular complexity index is 736. The van der Waals surface area contributed by atoms with Crippen LogP contribution < -0.4 is 0 Å². The second kappa shape index (κ2) is 5.63. The van der Waals surface area contributed by atoms with E-state index in [0.29, 0.717) is 0 Å². The molecule has 23 heavy (non-hydrogen) atoms. The Morgan fingerprint density at radius 3 is 2.30 bits per heavy atom. The monoisotopic (exact) mass is 305 g/mol. The minimum absolute atomic E-state index is 0.256. The van der Waals surface area contributed by atoms with Gasteiger partial charge < -0.3 is 0 Å². The van der Waals surface area contributed by atoms with Crippen LogP contribution in [0.25, 0.3) is 11.6 Å². The van der Waals surface area contributed by atoms with Gasteiger partial charge in [-0.25, -0.2) is 0 Å². The molecule has 0 amide bonds. The number of hydrogen-bond acceptors (Lipinski definition) is 1. The molecular weight excluding hydrogens is 278 g/mol. The summed E-state index contributed by atoms with van der Waals surface area (Å²) in [6, 6.07) is 13.1. The smallest absolute Gasteiger partial charge is 0.0632 e. The van der Waals surface area contributed by atoms with E-state index in [1.165, 1.54) is 35.1 Å². The zero-order valence-corrected chi connectivity index (χ0v) is 15.0. The van der Waals surface area contributed by atoms with Gasteiger partial charge in [0.1, 0.15) is 0 Å². The van der Waals surface area contributed by atoms with Gasteiger partial charge in [-0.1, -0.05) is 52.0 Å². The van der Waals surface area contributed by atoms with E-state index < -0.39 is 0 Å². The number of pyridine rings is 1. The number of benzene rings is 1. The van der Waals surface area contributed by atoms with Gasteiger partial charge in [-0.3, -0.25) is 4.98 Å². The first kappa shape index (κ1) is 16.0. The van der Waals surface area contributed by atoms with Crippen molar-refractivity contribution in [1.29, 1.82) is 0 Å². The van der Waals surface area contributed by atoms with Crippen molar-refractivity contribution in [2.24, 2.45) is 0 Å². The minimum atomic E-state index is 0.256. The van der Waals surface area contributed by atoms with Crippen LogP contribution in [-0.2, 0) is 10.8 Å². The third-order valence-electron chi connectivity index (χ3n) is 5.36. The summed E-state index contributed by atoms with van der Waals surface area (Å²) < 4.78 is 0. The van der Waals surface area contributed by atoms with Gasteiger partial charge in [0.2, 0.25) is 0 Å². The molecule has 1 aliphatic carbocycles. The van der Waals surface area contributed by atoms with Gasteiger partial charge >= 0.3 is 0 Å². The summed E-state index contributed by atoms with van der Waals surface area (Å²) >= 11 is 0. The maximum Gasteiger partial charge on any atom is 0.0632 e. The largest absolute Gasteiger partial charge is 0.257 e. The van der Waals surface area contributed by atoms with Crippen LogP contribution in [0.1, 0.15) is 69.8 Å². The molecule has 120 valence electrons. The molecule has 1 aliphatic rings. The van der Waals surface area contributed by atoms with E-state index in [2.05, 4.69) is 69.9 Å². The van der Waals surface area contributed by atoms with E-state index in [9.17, 15) is 0 Å². The second-order valence-corrected chi connectivity index (χ2v) is 8.11. The first-order chi connectivity index (χ1) is 10.8. The number of nitrogens with zero attached hydrogens (tertiary/aromatic N) is 1. The third kappa shape index (κ3) is 3.10. The van der Waals surface area contributed by atoms with Crippen LogP contribution in [-0.4, -0.2) is 4.98 Å². The Morgan fingerprint density at radius 2 is 1.65 bits per heavy atom. The van der Waals surface area contributed by atoms with E-state index in [0.717, 1.165) is 5.69 Å². The average molecular weight is 305 g/mol. The Kier molecular flexibility index (Phi) is 3.91. The number of hydrogen-bond donors (Lipinski definition) is 0. The second-order valence-electron chi connectivity index (χ2n) is 8.11. The van der Waals surface area contributed by atoms with E-state index in [1.54, 1.807) is 0 Å². The molecule has 0 saturated carbocycles. The van der Waals surface area contributed by atoms with Crippen molar-refractivity contribution in [3.8, 4) is 0 Å². The average Bonchev–Trinajstić information content (AvgIpc) is 2.52. The number of aromatic nitrogens is 1. The first-order valence-corrected chi connectivity index (χ1v) is 8.54. The van der Waals surface area contributed by atoms with E-state index in [1.807, 2.05) is 18.3 Å². The van der Waals surface area contributed by atoms with Gasteiger partial charge in [0.25, 0.3) is 0 Å². The van der Waals surface area contributed by atoms with Crippen LogP contribution >= 0.6 is 0 Å². The molecule has 0 bridgehead atoms. The lowest BCUT2D eigenvalue weighted by molar-refractivity contribution is 0.332. The van der Waals surface area contributed by atoms with Crippen molar-refractivity contribution in [2.75, 3.05) is 0 Å². The fraction of sp³-hybridized carbons (Fsp3) is 0.409. The van der Waals surface area contributed by atoms with Crippen LogP contribution in [0.15, 0.2) is 42.6 Å². The summed E-state index contributed by atoms with van der Waals surface area (Å²) in [6.45, 7) is 11.7. The summed E-state index contributed by atoms with van der Waals surface area (Å²) in [4.78, 5) is 4.41. The van der Waals surface area contributed by atoms with Gasteiger partial charge in [0.15, 0.2) is 0 Å². The van der Waals surface area contributed by atoms with Crippen LogP contribution in [0.2, 0.25) is 0 Å². The molecule has 1 heterocycles. The van der Waals surface area contributed by atoms with Gasteiger partial charge in [0.05, 0.1) is 5.69 Å². The molecule has 0 fully saturated rings. The molecule has 0 saturated heterocycles. The summed E-state index contributed by atoms with van der Waals surface area (Å²) in [5.74, 6) is 0. The third-order valence-corrected chi connectivity index (χ3v) is 5.36. The predicted octanol–water partition coefficient (Wildman–Crippen LogP) is 5.99. The molecule has 3 rings (SSSR count). The van der Waals surface area contributed by atoms with Gasteiger partial charge in [-0.15, -0.1) is 0 Å². The van der Waals surface area contributed by atoms with E-state index in [-0.39, 0.29) is 10.8 Å². The Labute approximate surface area is 140 Å². The van der Waals surface area contributed by atoms with Crippen molar-refractivity contribution >= 4 is 11.6 Å². The molecule has 0 spiro atoms. The highest BCUT2D eigenvalue weighted by molar-refractivity contribution is 5.79. The lowest BCUT2D eigenvalue weighted by atomic mass is 9.63. The van der Waals surface area contributed by atoms with Crippen LogP contribution in [0.3, 0.4) is 0 Å². The standard InChI is InChI=1S/C22H27N/c1-16(14-18-8-6-7-13-23-18)17-9-10-19-20(15-17)22(4,5)12-11-21(19,2)3/h6-10,13-15H,11-12H2,1-5H3. The molecule has 1 heteroatoms. The Balaban J connectivity index is 2.05. The van der Waals surface area contributed by atoms with E-state index >= 15 is 0 Å². The number of rotatable bonds is 2. The molecule has 0 radical (unpaired) electrons. The van der Waals surface area contributed by atoms with Crippen molar-refractivity contribution in [1.82, 2.24) is 4.98 Å². The quantitative estimate of drug-likeness (QED) is 0.664. The topological polar surface area (TPSA) is 12.9 Å².